The fourth-order valence-electron chi connectivity index (χ4n) is 2.77. The molecule has 0 unspecified atom stereocenters. The van der Waals surface area contributed by atoms with Gasteiger partial charge in [0, 0.05) is 5.69 Å². The molecule has 2 aromatic carbocycles. The molecule has 7 heteroatoms. The minimum atomic E-state index is -0.279. The number of carbonyl (C=O) groups is 1. The van der Waals surface area contributed by atoms with E-state index in [2.05, 4.69) is 20.4 Å². The zero-order valence-electron chi connectivity index (χ0n) is 13.4. The molecule has 0 fully saturated rings. The number of amides is 1. The summed E-state index contributed by atoms with van der Waals surface area (Å²) in [6, 6.07) is 14.8. The molecule has 0 spiro atoms. The number of carbonyl (C=O) groups excluding carboxylic acids is 1. The molecule has 2 aromatic heterocycles. The standard InChI is InChI=1S/C18H15N5O2/c1-11-14(10-19-23(11)13-5-3-2-4-6-13)17(24)20-12-7-8-15-16(9-12)22-18(25)21-15/h2-10H,1H3,(H,20,24)(H2,21,22,25). The van der Waals surface area contributed by atoms with Crippen LogP contribution in [0.5, 0.6) is 0 Å². The third-order valence-corrected chi connectivity index (χ3v) is 4.03. The number of imidazole rings is 1. The zero-order chi connectivity index (χ0) is 17.4. The highest BCUT2D eigenvalue weighted by molar-refractivity contribution is 6.05. The van der Waals surface area contributed by atoms with Gasteiger partial charge in [-0.05, 0) is 37.3 Å². The third-order valence-electron chi connectivity index (χ3n) is 4.03. The summed E-state index contributed by atoms with van der Waals surface area (Å²) in [6.07, 6.45) is 1.55. The van der Waals surface area contributed by atoms with Gasteiger partial charge in [-0.2, -0.15) is 5.10 Å². The molecular formula is C18H15N5O2. The maximum absolute atomic E-state index is 12.6. The highest BCUT2D eigenvalue weighted by Gasteiger charge is 2.15. The van der Waals surface area contributed by atoms with Gasteiger partial charge in [-0.25, -0.2) is 9.48 Å². The van der Waals surface area contributed by atoms with Crippen LogP contribution in [0.3, 0.4) is 0 Å². The Kier molecular flexibility index (Phi) is 3.46. The molecule has 3 N–H and O–H groups in total. The van der Waals surface area contributed by atoms with Crippen LogP contribution in [-0.2, 0) is 0 Å². The number of para-hydroxylation sites is 1. The van der Waals surface area contributed by atoms with Crippen LogP contribution in [0.25, 0.3) is 16.7 Å². The minimum absolute atomic E-state index is 0.253. The Balaban J connectivity index is 1.62. The van der Waals surface area contributed by atoms with E-state index in [9.17, 15) is 9.59 Å². The van der Waals surface area contributed by atoms with Gasteiger partial charge in [-0.3, -0.25) is 4.79 Å². The lowest BCUT2D eigenvalue weighted by Gasteiger charge is -2.06. The molecule has 0 atom stereocenters. The molecular weight excluding hydrogens is 318 g/mol. The number of anilines is 1. The normalized spacial score (nSPS) is 10.9. The lowest BCUT2D eigenvalue weighted by Crippen LogP contribution is -2.13. The van der Waals surface area contributed by atoms with Gasteiger partial charge in [0.15, 0.2) is 0 Å². The molecule has 7 nitrogen and oxygen atoms in total. The van der Waals surface area contributed by atoms with E-state index in [1.807, 2.05) is 37.3 Å². The second kappa shape index (κ2) is 5.79. The number of aromatic nitrogens is 4. The number of benzene rings is 2. The van der Waals surface area contributed by atoms with Crippen LogP contribution < -0.4 is 11.0 Å². The van der Waals surface area contributed by atoms with E-state index in [-0.39, 0.29) is 11.6 Å². The van der Waals surface area contributed by atoms with Crippen LogP contribution >= 0.6 is 0 Å². The molecule has 0 radical (unpaired) electrons. The third kappa shape index (κ3) is 2.72. The lowest BCUT2D eigenvalue weighted by atomic mass is 10.2. The largest absolute Gasteiger partial charge is 0.323 e. The summed E-state index contributed by atoms with van der Waals surface area (Å²) in [5, 5.41) is 7.14. The summed E-state index contributed by atoms with van der Waals surface area (Å²) in [5.41, 5.74) is 3.78. The first kappa shape index (κ1) is 14.9. The van der Waals surface area contributed by atoms with Crippen molar-refractivity contribution in [2.45, 2.75) is 6.92 Å². The van der Waals surface area contributed by atoms with Crippen molar-refractivity contribution in [2.75, 3.05) is 5.32 Å². The average molecular weight is 333 g/mol. The number of hydrogen-bond donors (Lipinski definition) is 3. The van der Waals surface area contributed by atoms with Crippen molar-refractivity contribution >= 4 is 22.6 Å². The first-order valence-electron chi connectivity index (χ1n) is 7.75. The van der Waals surface area contributed by atoms with E-state index in [0.717, 1.165) is 11.4 Å². The Morgan fingerprint density at radius 1 is 1.08 bits per heavy atom. The molecule has 0 saturated heterocycles. The van der Waals surface area contributed by atoms with Gasteiger partial charge in [0.25, 0.3) is 5.91 Å². The number of nitrogens with zero attached hydrogens (tertiary/aromatic N) is 2. The van der Waals surface area contributed by atoms with Crippen LogP contribution in [0.15, 0.2) is 59.5 Å². The van der Waals surface area contributed by atoms with E-state index in [0.29, 0.717) is 22.3 Å². The van der Waals surface area contributed by atoms with Crippen molar-refractivity contribution in [1.82, 2.24) is 19.7 Å². The highest BCUT2D eigenvalue weighted by Crippen LogP contribution is 2.18. The van der Waals surface area contributed by atoms with Crippen molar-refractivity contribution in [3.8, 4) is 5.69 Å². The Morgan fingerprint density at radius 3 is 2.64 bits per heavy atom. The average Bonchev–Trinajstić information content (AvgIpc) is 3.17. The van der Waals surface area contributed by atoms with Crippen molar-refractivity contribution in [3.63, 3.8) is 0 Å². The van der Waals surface area contributed by atoms with Crippen molar-refractivity contribution in [1.29, 1.82) is 0 Å². The lowest BCUT2D eigenvalue weighted by molar-refractivity contribution is 0.102. The van der Waals surface area contributed by atoms with Gasteiger partial charge in [0.1, 0.15) is 0 Å². The van der Waals surface area contributed by atoms with Gasteiger partial charge in [0.2, 0.25) is 0 Å². The van der Waals surface area contributed by atoms with Crippen LogP contribution in [0.2, 0.25) is 0 Å². The minimum Gasteiger partial charge on any atom is -0.322 e. The summed E-state index contributed by atoms with van der Waals surface area (Å²) in [7, 11) is 0. The fraction of sp³-hybridized carbons (Fsp3) is 0.0556. The summed E-state index contributed by atoms with van der Waals surface area (Å²) < 4.78 is 1.72. The summed E-state index contributed by atoms with van der Waals surface area (Å²) in [4.78, 5) is 29.2. The van der Waals surface area contributed by atoms with Crippen molar-refractivity contribution in [3.05, 3.63) is 76.5 Å². The summed E-state index contributed by atoms with van der Waals surface area (Å²) >= 11 is 0. The Hall–Kier alpha value is -3.61. The summed E-state index contributed by atoms with van der Waals surface area (Å²) in [6.45, 7) is 1.85. The first-order chi connectivity index (χ1) is 12.1. The monoisotopic (exact) mass is 333 g/mol. The molecule has 1 amide bonds. The maximum Gasteiger partial charge on any atom is 0.323 e. The fourth-order valence-corrected chi connectivity index (χ4v) is 2.77. The smallest absolute Gasteiger partial charge is 0.322 e. The SMILES string of the molecule is Cc1c(C(=O)Nc2ccc3[nH]c(=O)[nH]c3c2)cnn1-c1ccccc1. The molecule has 2 heterocycles. The topological polar surface area (TPSA) is 95.6 Å². The molecule has 0 saturated carbocycles. The van der Waals surface area contributed by atoms with Crippen LogP contribution in [0.4, 0.5) is 5.69 Å². The Bertz CT molecular complexity index is 1120. The van der Waals surface area contributed by atoms with E-state index in [1.54, 1.807) is 29.1 Å². The van der Waals surface area contributed by atoms with Gasteiger partial charge >= 0.3 is 5.69 Å². The quantitative estimate of drug-likeness (QED) is 0.538. The van der Waals surface area contributed by atoms with Gasteiger partial charge < -0.3 is 15.3 Å². The molecule has 0 bridgehead atoms. The van der Waals surface area contributed by atoms with Crippen molar-refractivity contribution in [2.24, 2.45) is 0 Å². The Labute approximate surface area is 142 Å². The van der Waals surface area contributed by atoms with E-state index < -0.39 is 0 Å². The molecule has 4 aromatic rings. The molecule has 0 aliphatic rings. The van der Waals surface area contributed by atoms with Gasteiger partial charge in [-0.15, -0.1) is 0 Å². The van der Waals surface area contributed by atoms with Crippen LogP contribution in [0, 0.1) is 6.92 Å². The second-order valence-electron chi connectivity index (χ2n) is 5.68. The van der Waals surface area contributed by atoms with Crippen LogP contribution in [0.1, 0.15) is 16.1 Å². The number of fused-ring (bicyclic) bond motifs is 1. The number of nitrogens with one attached hydrogen (secondary N) is 3. The summed E-state index contributed by atoms with van der Waals surface area (Å²) in [5.74, 6) is -0.253. The number of H-pyrrole nitrogens is 2. The molecule has 0 aliphatic heterocycles. The van der Waals surface area contributed by atoms with E-state index in [4.69, 9.17) is 0 Å². The number of rotatable bonds is 3. The highest BCUT2D eigenvalue weighted by atomic mass is 16.2. The number of hydrogen-bond acceptors (Lipinski definition) is 3. The zero-order valence-corrected chi connectivity index (χ0v) is 13.4. The molecule has 4 rings (SSSR count). The molecule has 0 aliphatic carbocycles. The van der Waals surface area contributed by atoms with Gasteiger partial charge in [0.05, 0.1) is 34.2 Å². The van der Waals surface area contributed by atoms with Crippen LogP contribution in [-0.4, -0.2) is 25.7 Å². The van der Waals surface area contributed by atoms with E-state index in [1.165, 1.54) is 0 Å². The maximum atomic E-state index is 12.6. The molecule has 25 heavy (non-hydrogen) atoms. The Morgan fingerprint density at radius 2 is 1.84 bits per heavy atom. The van der Waals surface area contributed by atoms with Gasteiger partial charge in [-0.1, -0.05) is 18.2 Å². The second-order valence-corrected chi connectivity index (χ2v) is 5.68. The number of aromatic amines is 2. The van der Waals surface area contributed by atoms with E-state index >= 15 is 0 Å². The predicted molar refractivity (Wildman–Crippen MR) is 95.2 cm³/mol. The predicted octanol–water partition coefficient (Wildman–Crippen LogP) is 2.60. The molecule has 124 valence electrons. The first-order valence-corrected chi connectivity index (χ1v) is 7.75. The van der Waals surface area contributed by atoms with Crippen molar-refractivity contribution < 1.29 is 4.79 Å².